The topological polar surface area (TPSA) is 121 Å². The molecule has 6 rings (SSSR count). The average Bonchev–Trinajstić information content (AvgIpc) is 3.54. The number of aromatic nitrogens is 4. The first-order valence-corrected chi connectivity index (χ1v) is 16.2. The van der Waals surface area contributed by atoms with Gasteiger partial charge in [-0.15, -0.1) is 0 Å². The summed E-state index contributed by atoms with van der Waals surface area (Å²) >= 11 is 0. The van der Waals surface area contributed by atoms with Crippen LogP contribution in [0.25, 0.3) is 11.2 Å². The van der Waals surface area contributed by atoms with Crippen molar-refractivity contribution >= 4 is 38.4 Å². The number of amides is 1. The van der Waals surface area contributed by atoms with E-state index in [0.29, 0.717) is 73.7 Å². The molecule has 42 heavy (non-hydrogen) atoms. The van der Waals surface area contributed by atoms with Crippen LogP contribution in [0.4, 0.5) is 15.9 Å². The quantitative estimate of drug-likeness (QED) is 0.346. The van der Waals surface area contributed by atoms with Crippen LogP contribution in [0.5, 0.6) is 0 Å². The third-order valence-electron chi connectivity index (χ3n) is 8.33. The van der Waals surface area contributed by atoms with Gasteiger partial charge >= 0.3 is 5.69 Å². The molecule has 1 aromatic carbocycles. The molecule has 12 heteroatoms. The van der Waals surface area contributed by atoms with Gasteiger partial charge in [0.15, 0.2) is 5.65 Å². The van der Waals surface area contributed by atoms with Gasteiger partial charge in [-0.25, -0.2) is 27.6 Å². The van der Waals surface area contributed by atoms with Crippen LogP contribution < -0.4 is 15.5 Å². The summed E-state index contributed by atoms with van der Waals surface area (Å²) < 4.78 is 39.3. The molecule has 3 aromatic heterocycles. The van der Waals surface area contributed by atoms with E-state index in [2.05, 4.69) is 14.9 Å². The van der Waals surface area contributed by atoms with Crippen molar-refractivity contribution in [3.8, 4) is 0 Å². The summed E-state index contributed by atoms with van der Waals surface area (Å²) in [6.45, 7) is 3.62. The molecule has 4 aromatic rings. The van der Waals surface area contributed by atoms with Crippen molar-refractivity contribution in [1.29, 1.82) is 0 Å². The second kappa shape index (κ2) is 11.0. The van der Waals surface area contributed by atoms with Crippen molar-refractivity contribution < 1.29 is 17.6 Å². The predicted octanol–water partition coefficient (Wildman–Crippen LogP) is 3.84. The molecular weight excluding hydrogens is 559 g/mol. The highest BCUT2D eigenvalue weighted by Gasteiger charge is 2.29. The first-order valence-electron chi connectivity index (χ1n) is 14.2. The maximum absolute atomic E-state index is 13.8. The molecule has 1 N–H and O–H groups in total. The molecule has 2 aliphatic rings. The van der Waals surface area contributed by atoms with E-state index >= 15 is 0 Å². The van der Waals surface area contributed by atoms with Crippen molar-refractivity contribution in [3.05, 3.63) is 81.8 Å². The van der Waals surface area contributed by atoms with E-state index < -0.39 is 9.84 Å². The summed E-state index contributed by atoms with van der Waals surface area (Å²) in [5, 5.41) is 0. The average molecular weight is 593 g/mol. The molecule has 0 aliphatic carbocycles. The van der Waals surface area contributed by atoms with E-state index in [-0.39, 0.29) is 35.1 Å². The van der Waals surface area contributed by atoms with E-state index in [1.165, 1.54) is 18.4 Å². The Morgan fingerprint density at radius 2 is 1.93 bits per heavy atom. The van der Waals surface area contributed by atoms with E-state index in [0.717, 1.165) is 11.1 Å². The van der Waals surface area contributed by atoms with Gasteiger partial charge in [-0.1, -0.05) is 6.92 Å². The summed E-state index contributed by atoms with van der Waals surface area (Å²) in [6, 6.07) is 11.7. The summed E-state index contributed by atoms with van der Waals surface area (Å²) in [4.78, 5) is 42.3. The molecule has 1 fully saturated rings. The highest BCUT2D eigenvalue weighted by Crippen LogP contribution is 2.33. The number of nitrogens with one attached hydrogen (secondary N) is 1. The first kappa shape index (κ1) is 28.1. The second-order valence-corrected chi connectivity index (χ2v) is 13.6. The van der Waals surface area contributed by atoms with Crippen LogP contribution in [0.15, 0.2) is 53.5 Å². The summed E-state index contributed by atoms with van der Waals surface area (Å²) in [5.41, 5.74) is 3.77. The Morgan fingerprint density at radius 3 is 2.69 bits per heavy atom. The molecule has 0 bridgehead atoms. The number of halogens is 1. The molecule has 1 amide bonds. The Morgan fingerprint density at radius 1 is 1.14 bits per heavy atom. The Labute approximate surface area is 243 Å². The van der Waals surface area contributed by atoms with Gasteiger partial charge in [-0.2, -0.15) is 0 Å². The van der Waals surface area contributed by atoms with Crippen LogP contribution >= 0.6 is 0 Å². The minimum Gasteiger partial charge on any atom is -0.356 e. The van der Waals surface area contributed by atoms with Gasteiger partial charge in [-0.05, 0) is 79.6 Å². The Bertz CT molecular complexity index is 1830. The smallest absolute Gasteiger partial charge is 0.327 e. The number of hydrogen-bond acceptors (Lipinski definition) is 7. The fraction of sp³-hybridized carbons (Fsp3) is 0.400. The Kier molecular flexibility index (Phi) is 7.34. The minimum atomic E-state index is -3.16. The van der Waals surface area contributed by atoms with E-state index in [4.69, 9.17) is 4.98 Å². The lowest BCUT2D eigenvalue weighted by molar-refractivity contribution is 0.0989. The number of nitrogens with zero attached hydrogens (tertiary/aromatic N) is 5. The zero-order chi connectivity index (χ0) is 29.6. The van der Waals surface area contributed by atoms with Crippen LogP contribution in [-0.2, 0) is 16.3 Å². The lowest BCUT2D eigenvalue weighted by Crippen LogP contribution is -2.38. The van der Waals surface area contributed by atoms with Gasteiger partial charge in [0.2, 0.25) is 0 Å². The number of piperidine rings is 1. The van der Waals surface area contributed by atoms with Gasteiger partial charge in [0, 0.05) is 55.1 Å². The van der Waals surface area contributed by atoms with Crippen LogP contribution in [0.1, 0.15) is 59.8 Å². The zero-order valence-electron chi connectivity index (χ0n) is 23.6. The van der Waals surface area contributed by atoms with Gasteiger partial charge in [0.25, 0.3) is 5.91 Å². The Hall–Kier alpha value is -4.06. The van der Waals surface area contributed by atoms with Crippen LogP contribution in [-0.4, -0.2) is 65.5 Å². The number of sulfone groups is 1. The van der Waals surface area contributed by atoms with Crippen molar-refractivity contribution in [2.75, 3.05) is 41.4 Å². The number of hydrogen-bond donors (Lipinski definition) is 1. The van der Waals surface area contributed by atoms with Gasteiger partial charge in [0.1, 0.15) is 21.5 Å². The number of imidazole rings is 1. The number of anilines is 2. The number of carbonyl (C=O) groups excluding carboxylic acids is 1. The summed E-state index contributed by atoms with van der Waals surface area (Å²) in [5.74, 6) is -0.0549. The molecule has 10 nitrogen and oxygen atoms in total. The molecule has 1 saturated heterocycles. The van der Waals surface area contributed by atoms with Gasteiger partial charge in [0.05, 0.1) is 11.3 Å². The number of benzene rings is 1. The van der Waals surface area contributed by atoms with Crippen molar-refractivity contribution in [2.24, 2.45) is 0 Å². The predicted molar refractivity (Wildman–Crippen MR) is 160 cm³/mol. The summed E-state index contributed by atoms with van der Waals surface area (Å²) in [6.07, 6.45) is 5.22. The number of fused-ring (bicyclic) bond motifs is 2. The van der Waals surface area contributed by atoms with Gasteiger partial charge in [-0.3, -0.25) is 14.3 Å². The normalized spacial score (nSPS) is 16.6. The highest BCUT2D eigenvalue weighted by atomic mass is 32.2. The van der Waals surface area contributed by atoms with Crippen molar-refractivity contribution in [1.82, 2.24) is 19.5 Å². The molecule has 1 unspecified atom stereocenters. The lowest BCUT2D eigenvalue weighted by Gasteiger charge is -2.34. The molecular formula is C30H33FN6O4S. The van der Waals surface area contributed by atoms with E-state index in [1.54, 1.807) is 33.9 Å². The van der Waals surface area contributed by atoms with Gasteiger partial charge < -0.3 is 9.80 Å². The van der Waals surface area contributed by atoms with Crippen molar-refractivity contribution in [3.63, 3.8) is 0 Å². The fourth-order valence-electron chi connectivity index (χ4n) is 6.02. The number of carbonyl (C=O) groups is 1. The van der Waals surface area contributed by atoms with Crippen LogP contribution in [0, 0.1) is 5.82 Å². The maximum atomic E-state index is 13.8. The van der Waals surface area contributed by atoms with Crippen molar-refractivity contribution in [2.45, 2.75) is 44.6 Å². The standard InChI is InChI=1S/C30H33FN6O4S/c1-19(10-15-42(2,40)41)24-17-21(29(38)36-14-7-20-16-22(31)5-6-25(20)36)18-27(33-24)35-12-8-23(9-13-35)37-26-4-3-11-32-28(26)34-30(37)39/h3-6,11,16-19,23H,7-10,12-15H2,1-2H3,(H,32,34,39). The van der Waals surface area contributed by atoms with E-state index in [1.807, 2.05) is 19.1 Å². The highest BCUT2D eigenvalue weighted by molar-refractivity contribution is 7.90. The van der Waals surface area contributed by atoms with Crippen LogP contribution in [0.2, 0.25) is 0 Å². The maximum Gasteiger partial charge on any atom is 0.327 e. The molecule has 1 atom stereocenters. The molecule has 220 valence electrons. The third-order valence-corrected chi connectivity index (χ3v) is 9.31. The second-order valence-electron chi connectivity index (χ2n) is 11.3. The SMILES string of the molecule is CC(CCS(C)(=O)=O)c1cc(C(=O)N2CCc3cc(F)ccc32)cc(N2CCC(n3c(=O)[nH]c4ncccc43)CC2)n1. The molecule has 2 aliphatic heterocycles. The fourth-order valence-corrected chi connectivity index (χ4v) is 6.81. The zero-order valence-corrected chi connectivity index (χ0v) is 24.4. The molecule has 5 heterocycles. The monoisotopic (exact) mass is 592 g/mol. The lowest BCUT2D eigenvalue weighted by atomic mass is 10.0. The van der Waals surface area contributed by atoms with Crippen LogP contribution in [0.3, 0.4) is 0 Å². The summed E-state index contributed by atoms with van der Waals surface area (Å²) in [7, 11) is -3.16. The molecule has 0 radical (unpaired) electrons. The minimum absolute atomic E-state index is 0.00818. The first-order chi connectivity index (χ1) is 20.1. The molecule has 0 spiro atoms. The third kappa shape index (κ3) is 5.55. The number of pyridine rings is 2. The Balaban J connectivity index is 1.29. The number of aromatic amines is 1. The molecule has 0 saturated carbocycles. The largest absolute Gasteiger partial charge is 0.356 e. The number of rotatable bonds is 7. The van der Waals surface area contributed by atoms with E-state index in [9.17, 15) is 22.4 Å². The number of H-pyrrole nitrogens is 1.